The summed E-state index contributed by atoms with van der Waals surface area (Å²) < 4.78 is 5.08. The average molecular weight is 359 g/mol. The van der Waals surface area contributed by atoms with E-state index in [1.54, 1.807) is 24.3 Å². The van der Waals surface area contributed by atoms with Crippen molar-refractivity contribution in [3.63, 3.8) is 0 Å². The molecule has 0 aromatic heterocycles. The molecule has 6 heteroatoms. The first-order valence-corrected chi connectivity index (χ1v) is 7.72. The highest BCUT2D eigenvalue weighted by molar-refractivity contribution is 6.30. The van der Waals surface area contributed by atoms with E-state index < -0.39 is 18.0 Å². The van der Waals surface area contributed by atoms with E-state index in [2.05, 4.69) is 6.58 Å². The van der Waals surface area contributed by atoms with Gasteiger partial charge in [-0.05, 0) is 43.3 Å². The van der Waals surface area contributed by atoms with Gasteiger partial charge in [-0.3, -0.25) is 4.79 Å². The van der Waals surface area contributed by atoms with Crippen LogP contribution >= 0.6 is 11.6 Å². The number of carbonyl (C=O) groups is 3. The van der Waals surface area contributed by atoms with Crippen molar-refractivity contribution in [3.8, 4) is 0 Å². The Morgan fingerprint density at radius 2 is 1.72 bits per heavy atom. The van der Waals surface area contributed by atoms with E-state index in [4.69, 9.17) is 16.3 Å². The molecule has 2 aromatic carbocycles. The molecule has 2 aromatic rings. The van der Waals surface area contributed by atoms with Crippen LogP contribution < -0.4 is 0 Å². The molecule has 0 aliphatic heterocycles. The molecule has 128 valence electrons. The highest BCUT2D eigenvalue weighted by atomic mass is 35.5. The van der Waals surface area contributed by atoms with E-state index in [0.717, 1.165) is 6.08 Å². The normalized spacial score (nSPS) is 11.4. The van der Waals surface area contributed by atoms with Gasteiger partial charge in [-0.1, -0.05) is 24.2 Å². The minimum atomic E-state index is -1.18. The number of halogens is 1. The summed E-state index contributed by atoms with van der Waals surface area (Å²) >= 11 is 5.81. The Morgan fingerprint density at radius 1 is 1.12 bits per heavy atom. The third-order valence-corrected chi connectivity index (χ3v) is 3.80. The molecule has 0 bridgehead atoms. The number of ether oxygens (including phenoxy) is 1. The predicted molar refractivity (Wildman–Crippen MR) is 93.0 cm³/mol. The maximum absolute atomic E-state index is 12.6. The zero-order valence-corrected chi connectivity index (χ0v) is 14.1. The van der Waals surface area contributed by atoms with Gasteiger partial charge in [0.2, 0.25) is 0 Å². The Kier molecular flexibility index (Phi) is 5.72. The lowest BCUT2D eigenvalue weighted by atomic mass is 9.96. The Hall–Kier alpha value is -2.92. The first kappa shape index (κ1) is 18.4. The summed E-state index contributed by atoms with van der Waals surface area (Å²) in [6, 6.07) is 10.5. The number of rotatable bonds is 6. The van der Waals surface area contributed by atoms with Crippen molar-refractivity contribution in [2.45, 2.75) is 13.0 Å². The fourth-order valence-corrected chi connectivity index (χ4v) is 2.41. The smallest absolute Gasteiger partial charge is 0.336 e. The molecule has 1 unspecified atom stereocenters. The van der Waals surface area contributed by atoms with Crippen LogP contribution in [0.25, 0.3) is 0 Å². The molecule has 0 aliphatic carbocycles. The summed E-state index contributed by atoms with van der Waals surface area (Å²) in [4.78, 5) is 35.4. The summed E-state index contributed by atoms with van der Waals surface area (Å²) in [7, 11) is 0. The van der Waals surface area contributed by atoms with Crippen LogP contribution in [0.2, 0.25) is 5.02 Å². The van der Waals surface area contributed by atoms with Crippen molar-refractivity contribution in [1.29, 1.82) is 0 Å². The fraction of sp³-hybridized carbons (Fsp3) is 0.105. The molecule has 1 N–H and O–H groups in total. The topological polar surface area (TPSA) is 80.7 Å². The summed E-state index contributed by atoms with van der Waals surface area (Å²) in [5.74, 6) is -2.16. The van der Waals surface area contributed by atoms with Gasteiger partial charge < -0.3 is 9.84 Å². The van der Waals surface area contributed by atoms with Crippen LogP contribution in [0.5, 0.6) is 0 Å². The SMILES string of the molecule is C=CC(=O)OC(C)c1cc(C(=O)c2ccc(Cl)cc2)ccc1C(=O)O. The van der Waals surface area contributed by atoms with E-state index >= 15 is 0 Å². The predicted octanol–water partition coefficient (Wildman–Crippen LogP) is 4.06. The molecular formula is C19H15ClO5. The van der Waals surface area contributed by atoms with Crippen molar-refractivity contribution in [2.75, 3.05) is 0 Å². The Labute approximate surface area is 149 Å². The molecule has 0 saturated heterocycles. The van der Waals surface area contributed by atoms with Gasteiger partial charge in [-0.15, -0.1) is 0 Å². The lowest BCUT2D eigenvalue weighted by molar-refractivity contribution is -0.142. The molecule has 0 saturated carbocycles. The van der Waals surface area contributed by atoms with Gasteiger partial charge >= 0.3 is 11.9 Å². The first-order chi connectivity index (χ1) is 11.8. The summed E-state index contributed by atoms with van der Waals surface area (Å²) in [6.45, 7) is 4.83. The second kappa shape index (κ2) is 7.77. The molecule has 0 spiro atoms. The molecule has 0 radical (unpaired) electrons. The maximum atomic E-state index is 12.6. The standard InChI is InChI=1S/C19H15ClO5/c1-3-17(21)25-11(2)16-10-13(6-9-15(16)19(23)24)18(22)12-4-7-14(20)8-5-12/h3-11H,1H2,2H3,(H,23,24). The number of esters is 1. The molecule has 0 aliphatic rings. The van der Waals surface area contributed by atoms with Gasteiger partial charge in [0.15, 0.2) is 5.78 Å². The number of hydrogen-bond donors (Lipinski definition) is 1. The maximum Gasteiger partial charge on any atom is 0.336 e. The molecule has 0 amide bonds. The van der Waals surface area contributed by atoms with Crippen molar-refractivity contribution in [1.82, 2.24) is 0 Å². The van der Waals surface area contributed by atoms with Crippen LogP contribution in [0.15, 0.2) is 55.1 Å². The molecular weight excluding hydrogens is 344 g/mol. The van der Waals surface area contributed by atoms with E-state index in [-0.39, 0.29) is 22.5 Å². The number of carboxylic acid groups (broad SMARTS) is 1. The van der Waals surface area contributed by atoms with Crippen molar-refractivity contribution in [2.24, 2.45) is 0 Å². The van der Waals surface area contributed by atoms with Gasteiger partial charge in [-0.25, -0.2) is 9.59 Å². The Balaban J connectivity index is 2.44. The van der Waals surface area contributed by atoms with Crippen LogP contribution in [-0.4, -0.2) is 22.8 Å². The minimum Gasteiger partial charge on any atom is -0.478 e. The molecule has 0 heterocycles. The second-order valence-corrected chi connectivity index (χ2v) is 5.66. The van der Waals surface area contributed by atoms with Gasteiger partial charge in [0.05, 0.1) is 5.56 Å². The van der Waals surface area contributed by atoms with E-state index in [9.17, 15) is 19.5 Å². The minimum absolute atomic E-state index is 0.0444. The Morgan fingerprint density at radius 3 is 2.28 bits per heavy atom. The van der Waals surface area contributed by atoms with Crippen LogP contribution in [0.4, 0.5) is 0 Å². The number of hydrogen-bond acceptors (Lipinski definition) is 4. The highest BCUT2D eigenvalue weighted by Gasteiger charge is 2.21. The summed E-state index contributed by atoms with van der Waals surface area (Å²) in [6.07, 6.45) is 0.134. The van der Waals surface area contributed by atoms with Crippen molar-refractivity contribution < 1.29 is 24.2 Å². The molecule has 2 rings (SSSR count). The van der Waals surface area contributed by atoms with Crippen molar-refractivity contribution >= 4 is 29.3 Å². The number of ketones is 1. The zero-order valence-electron chi connectivity index (χ0n) is 13.4. The van der Waals surface area contributed by atoms with E-state index in [1.807, 2.05) is 0 Å². The van der Waals surface area contributed by atoms with Gasteiger partial charge in [0.25, 0.3) is 0 Å². The molecule has 5 nitrogen and oxygen atoms in total. The van der Waals surface area contributed by atoms with Gasteiger partial charge in [0, 0.05) is 27.8 Å². The largest absolute Gasteiger partial charge is 0.478 e. The second-order valence-electron chi connectivity index (χ2n) is 5.23. The summed E-state index contributed by atoms with van der Waals surface area (Å²) in [5, 5.41) is 9.83. The van der Waals surface area contributed by atoms with Crippen LogP contribution in [0.1, 0.15) is 44.9 Å². The average Bonchev–Trinajstić information content (AvgIpc) is 2.60. The quantitative estimate of drug-likeness (QED) is 0.478. The number of aromatic carboxylic acids is 1. The number of carboxylic acids is 1. The van der Waals surface area contributed by atoms with Gasteiger partial charge in [-0.2, -0.15) is 0 Å². The van der Waals surface area contributed by atoms with Crippen LogP contribution in [-0.2, 0) is 9.53 Å². The third-order valence-electron chi connectivity index (χ3n) is 3.55. The first-order valence-electron chi connectivity index (χ1n) is 7.34. The molecule has 25 heavy (non-hydrogen) atoms. The molecule has 0 fully saturated rings. The lowest BCUT2D eigenvalue weighted by Gasteiger charge is -2.16. The monoisotopic (exact) mass is 358 g/mol. The fourth-order valence-electron chi connectivity index (χ4n) is 2.29. The van der Waals surface area contributed by atoms with Crippen molar-refractivity contribution in [3.05, 3.63) is 82.4 Å². The molecule has 1 atom stereocenters. The van der Waals surface area contributed by atoms with Gasteiger partial charge in [0.1, 0.15) is 6.10 Å². The van der Waals surface area contributed by atoms with Crippen LogP contribution in [0.3, 0.4) is 0 Å². The van der Waals surface area contributed by atoms with E-state index in [1.165, 1.54) is 25.1 Å². The Bertz CT molecular complexity index is 839. The third kappa shape index (κ3) is 4.33. The van der Waals surface area contributed by atoms with E-state index in [0.29, 0.717) is 10.6 Å². The lowest BCUT2D eigenvalue weighted by Crippen LogP contribution is -2.13. The number of carbonyl (C=O) groups excluding carboxylic acids is 2. The number of benzene rings is 2. The summed E-state index contributed by atoms with van der Waals surface area (Å²) in [5.41, 5.74) is 0.873. The zero-order chi connectivity index (χ0) is 18.6. The van der Waals surface area contributed by atoms with Crippen LogP contribution in [0, 0.1) is 0 Å². The highest BCUT2D eigenvalue weighted by Crippen LogP contribution is 2.25.